The van der Waals surface area contributed by atoms with E-state index in [-0.39, 0.29) is 0 Å². The Balaban J connectivity index is 2.31. The van der Waals surface area contributed by atoms with Crippen molar-refractivity contribution < 1.29 is 0 Å². The summed E-state index contributed by atoms with van der Waals surface area (Å²) in [7, 11) is 0. The zero-order chi connectivity index (χ0) is 9.10. The average molecular weight is 189 g/mol. The number of hydrogen-bond acceptors (Lipinski definition) is 2. The smallest absolute Gasteiger partial charge is 0.0746 e. The molecule has 2 rings (SSSR count). The first-order valence-electron chi connectivity index (χ1n) is 4.26. The van der Waals surface area contributed by atoms with Crippen molar-refractivity contribution >= 4 is 17.4 Å². The first kappa shape index (κ1) is 8.70. The Morgan fingerprint density at radius 1 is 1.54 bits per heavy atom. The van der Waals surface area contributed by atoms with E-state index < -0.39 is 0 Å². The van der Waals surface area contributed by atoms with Crippen LogP contribution in [0.2, 0.25) is 0 Å². The number of thioether (sulfide) groups is 1. The van der Waals surface area contributed by atoms with Gasteiger partial charge in [0.1, 0.15) is 0 Å². The number of para-hydroxylation sites is 1. The Morgan fingerprint density at radius 2 is 2.38 bits per heavy atom. The van der Waals surface area contributed by atoms with Crippen LogP contribution in [0.15, 0.2) is 41.8 Å². The normalized spacial score (nSPS) is 15.2. The predicted octanol–water partition coefficient (Wildman–Crippen LogP) is 2.82. The zero-order valence-electron chi connectivity index (χ0n) is 7.36. The summed E-state index contributed by atoms with van der Waals surface area (Å²) in [5.74, 6) is 3.27. The summed E-state index contributed by atoms with van der Waals surface area (Å²) in [6.45, 7) is 5.53. The Bertz CT molecular complexity index is 309. The van der Waals surface area contributed by atoms with Gasteiger partial charge in [0.15, 0.2) is 0 Å². The number of rotatable bonds is 2. The summed E-state index contributed by atoms with van der Waals surface area (Å²) in [5.41, 5.74) is 1.30. The highest BCUT2D eigenvalue weighted by Crippen LogP contribution is 2.36. The standard InChI is InChI=1S/C11H11NS/c1-2-7-12-8-9-13-11-6-4-3-5-10(11)12/h2-6H,1,7-8H2. The van der Waals surface area contributed by atoms with E-state index in [2.05, 4.69) is 41.5 Å². The van der Waals surface area contributed by atoms with E-state index in [4.69, 9.17) is 0 Å². The molecule has 1 nitrogen and oxygen atoms in total. The summed E-state index contributed by atoms with van der Waals surface area (Å²) in [5, 5.41) is 0. The fourth-order valence-corrected chi connectivity index (χ4v) is 2.22. The van der Waals surface area contributed by atoms with E-state index in [1.807, 2.05) is 6.08 Å². The topological polar surface area (TPSA) is 3.24 Å². The number of benzene rings is 1. The summed E-state index contributed by atoms with van der Waals surface area (Å²) >= 11 is 1.69. The maximum Gasteiger partial charge on any atom is 0.0746 e. The van der Waals surface area contributed by atoms with Crippen LogP contribution < -0.4 is 4.90 Å². The van der Waals surface area contributed by atoms with Gasteiger partial charge in [-0.2, -0.15) is 0 Å². The van der Waals surface area contributed by atoms with Crippen LogP contribution in [0.3, 0.4) is 0 Å². The van der Waals surface area contributed by atoms with Crippen LogP contribution >= 0.6 is 11.8 Å². The minimum Gasteiger partial charge on any atom is -0.365 e. The minimum atomic E-state index is 0.883. The summed E-state index contributed by atoms with van der Waals surface area (Å²) in [6, 6.07) is 8.40. The Hall–Kier alpha value is -0.890. The first-order valence-corrected chi connectivity index (χ1v) is 5.08. The SMILES string of the molecule is C=CCN1C[C]Sc2ccccc21. The molecule has 0 bridgehead atoms. The van der Waals surface area contributed by atoms with Crippen LogP contribution in [0, 0.1) is 5.75 Å². The number of anilines is 1. The van der Waals surface area contributed by atoms with E-state index >= 15 is 0 Å². The van der Waals surface area contributed by atoms with Crippen LogP contribution in [0.25, 0.3) is 0 Å². The molecule has 2 heteroatoms. The van der Waals surface area contributed by atoms with Gasteiger partial charge in [0.2, 0.25) is 0 Å². The van der Waals surface area contributed by atoms with Crippen LogP contribution in [-0.2, 0) is 0 Å². The van der Waals surface area contributed by atoms with Crippen molar-refractivity contribution in [2.75, 3.05) is 18.0 Å². The van der Waals surface area contributed by atoms with E-state index in [0.29, 0.717) is 0 Å². The third-order valence-electron chi connectivity index (χ3n) is 1.99. The minimum absolute atomic E-state index is 0.883. The largest absolute Gasteiger partial charge is 0.365 e. The van der Waals surface area contributed by atoms with E-state index in [0.717, 1.165) is 13.1 Å². The fourth-order valence-electron chi connectivity index (χ4n) is 1.40. The van der Waals surface area contributed by atoms with Gasteiger partial charge in [-0.3, -0.25) is 0 Å². The number of hydrogen-bond donors (Lipinski definition) is 0. The zero-order valence-corrected chi connectivity index (χ0v) is 8.18. The molecule has 1 aliphatic heterocycles. The van der Waals surface area contributed by atoms with E-state index in [9.17, 15) is 0 Å². The second-order valence-corrected chi connectivity index (χ2v) is 3.82. The van der Waals surface area contributed by atoms with Crippen LogP contribution in [0.5, 0.6) is 0 Å². The molecule has 0 atom stereocenters. The fraction of sp³-hybridized carbons (Fsp3) is 0.182. The third-order valence-corrected chi connectivity index (χ3v) is 2.83. The monoisotopic (exact) mass is 189 g/mol. The van der Waals surface area contributed by atoms with Gasteiger partial charge < -0.3 is 4.90 Å². The van der Waals surface area contributed by atoms with Crippen LogP contribution in [0.1, 0.15) is 0 Å². The van der Waals surface area contributed by atoms with Crippen molar-refractivity contribution in [3.05, 3.63) is 42.7 Å². The lowest BCUT2D eigenvalue weighted by molar-refractivity contribution is 0.920. The molecule has 0 aromatic heterocycles. The van der Waals surface area contributed by atoms with Gasteiger partial charge in [-0.25, -0.2) is 0 Å². The van der Waals surface area contributed by atoms with Crippen molar-refractivity contribution in [2.24, 2.45) is 0 Å². The van der Waals surface area contributed by atoms with Gasteiger partial charge in [-0.1, -0.05) is 18.2 Å². The molecule has 0 fully saturated rings. The van der Waals surface area contributed by atoms with Crippen molar-refractivity contribution in [1.29, 1.82) is 0 Å². The lowest BCUT2D eigenvalue weighted by Gasteiger charge is -2.28. The highest BCUT2D eigenvalue weighted by molar-refractivity contribution is 8.01. The molecule has 0 saturated heterocycles. The van der Waals surface area contributed by atoms with Gasteiger partial charge >= 0.3 is 0 Å². The van der Waals surface area contributed by atoms with Gasteiger partial charge in [0, 0.05) is 18.0 Å². The molecule has 1 aromatic rings. The predicted molar refractivity (Wildman–Crippen MR) is 58.0 cm³/mol. The highest BCUT2D eigenvalue weighted by Gasteiger charge is 2.15. The molecule has 0 saturated carbocycles. The second-order valence-electron chi connectivity index (χ2n) is 2.88. The molecule has 66 valence electrons. The van der Waals surface area contributed by atoms with Crippen molar-refractivity contribution in [1.82, 2.24) is 0 Å². The Labute approximate surface area is 83.4 Å². The molecule has 0 unspecified atom stereocenters. The van der Waals surface area contributed by atoms with E-state index in [1.165, 1.54) is 10.6 Å². The Morgan fingerprint density at radius 3 is 3.23 bits per heavy atom. The first-order chi connectivity index (χ1) is 6.42. The molecule has 0 aliphatic carbocycles. The average Bonchev–Trinajstić information content (AvgIpc) is 2.19. The molecule has 1 aromatic carbocycles. The van der Waals surface area contributed by atoms with Crippen LogP contribution in [-0.4, -0.2) is 13.1 Å². The molecular formula is C11H11NS. The maximum absolute atomic E-state index is 3.75. The van der Waals surface area contributed by atoms with Gasteiger partial charge in [-0.15, -0.1) is 18.3 Å². The van der Waals surface area contributed by atoms with Gasteiger partial charge in [0.25, 0.3) is 0 Å². The molecule has 0 N–H and O–H groups in total. The highest BCUT2D eigenvalue weighted by atomic mass is 32.2. The second kappa shape index (κ2) is 3.88. The molecular weight excluding hydrogens is 178 g/mol. The number of nitrogens with zero attached hydrogens (tertiary/aromatic N) is 1. The molecule has 0 spiro atoms. The summed E-state index contributed by atoms with van der Waals surface area (Å²) < 4.78 is 0. The quantitative estimate of drug-likeness (QED) is 0.658. The van der Waals surface area contributed by atoms with Crippen molar-refractivity contribution in [2.45, 2.75) is 4.90 Å². The molecule has 13 heavy (non-hydrogen) atoms. The summed E-state index contributed by atoms with van der Waals surface area (Å²) in [6.07, 6.45) is 1.93. The van der Waals surface area contributed by atoms with E-state index in [1.54, 1.807) is 11.8 Å². The van der Waals surface area contributed by atoms with Gasteiger partial charge in [-0.05, 0) is 12.1 Å². The van der Waals surface area contributed by atoms with Crippen molar-refractivity contribution in [3.63, 3.8) is 0 Å². The third kappa shape index (κ3) is 1.73. The van der Waals surface area contributed by atoms with Gasteiger partial charge in [0.05, 0.1) is 11.4 Å². The lowest BCUT2D eigenvalue weighted by atomic mass is 10.3. The molecule has 0 amide bonds. The summed E-state index contributed by atoms with van der Waals surface area (Å²) in [4.78, 5) is 3.55. The van der Waals surface area contributed by atoms with Crippen LogP contribution in [0.4, 0.5) is 5.69 Å². The van der Waals surface area contributed by atoms with Crippen molar-refractivity contribution in [3.8, 4) is 0 Å². The maximum atomic E-state index is 3.75. The molecule has 2 radical (unpaired) electrons. The molecule has 1 aliphatic rings. The number of fused-ring (bicyclic) bond motifs is 1. The molecule has 1 heterocycles. The Kier molecular flexibility index (Phi) is 2.60. The lowest BCUT2D eigenvalue weighted by Crippen LogP contribution is -2.26.